The molecule has 0 bridgehead atoms. The van der Waals surface area contributed by atoms with Gasteiger partial charge in [-0.2, -0.15) is 0 Å². The molecular formula is C7H5Br2N3. The summed E-state index contributed by atoms with van der Waals surface area (Å²) in [6.07, 6.45) is 1.93. The first-order valence-electron chi connectivity index (χ1n) is 3.35. The first-order chi connectivity index (χ1) is 5.66. The van der Waals surface area contributed by atoms with Gasteiger partial charge in [0.1, 0.15) is 0 Å². The molecule has 0 saturated heterocycles. The van der Waals surface area contributed by atoms with Crippen LogP contribution in [0.2, 0.25) is 0 Å². The SMILES string of the molecule is Cc1cc(Br)c2nc(Br)nn2c1. The van der Waals surface area contributed by atoms with Crippen LogP contribution in [0.5, 0.6) is 0 Å². The molecule has 12 heavy (non-hydrogen) atoms. The van der Waals surface area contributed by atoms with E-state index in [-0.39, 0.29) is 0 Å². The smallest absolute Gasteiger partial charge is 0.218 e. The molecule has 5 heteroatoms. The lowest BCUT2D eigenvalue weighted by Crippen LogP contribution is -1.88. The molecule has 0 aliphatic rings. The van der Waals surface area contributed by atoms with Crippen LogP contribution in [0.15, 0.2) is 21.5 Å². The van der Waals surface area contributed by atoms with E-state index in [0.717, 1.165) is 15.7 Å². The Labute approximate surface area is 86.1 Å². The average molecular weight is 291 g/mol. The first kappa shape index (κ1) is 8.19. The summed E-state index contributed by atoms with van der Waals surface area (Å²) in [7, 11) is 0. The van der Waals surface area contributed by atoms with Gasteiger partial charge in [0.2, 0.25) is 4.73 Å². The third kappa shape index (κ3) is 1.27. The normalized spacial score (nSPS) is 10.9. The molecule has 62 valence electrons. The number of aryl methyl sites for hydroxylation is 1. The number of nitrogens with zero attached hydrogens (tertiary/aromatic N) is 3. The zero-order chi connectivity index (χ0) is 8.72. The highest BCUT2D eigenvalue weighted by Crippen LogP contribution is 2.18. The van der Waals surface area contributed by atoms with Crippen molar-refractivity contribution < 1.29 is 0 Å². The van der Waals surface area contributed by atoms with Gasteiger partial charge in [-0.05, 0) is 50.4 Å². The molecule has 3 nitrogen and oxygen atoms in total. The molecule has 0 amide bonds. The Morgan fingerprint density at radius 1 is 1.42 bits per heavy atom. The van der Waals surface area contributed by atoms with E-state index in [0.29, 0.717) is 4.73 Å². The van der Waals surface area contributed by atoms with Gasteiger partial charge >= 0.3 is 0 Å². The standard InChI is InChI=1S/C7H5Br2N3/c1-4-2-5(8)6-10-7(9)11-12(6)3-4/h2-3H,1H3. The summed E-state index contributed by atoms with van der Waals surface area (Å²) in [6.45, 7) is 2.01. The second-order valence-corrected chi connectivity index (χ2v) is 4.08. The van der Waals surface area contributed by atoms with E-state index in [4.69, 9.17) is 0 Å². The first-order valence-corrected chi connectivity index (χ1v) is 4.93. The van der Waals surface area contributed by atoms with Crippen molar-refractivity contribution in [2.45, 2.75) is 6.92 Å². The monoisotopic (exact) mass is 289 g/mol. The highest BCUT2D eigenvalue weighted by atomic mass is 79.9. The van der Waals surface area contributed by atoms with Crippen molar-refractivity contribution in [3.63, 3.8) is 0 Å². The molecule has 0 unspecified atom stereocenters. The Morgan fingerprint density at radius 3 is 2.92 bits per heavy atom. The minimum absolute atomic E-state index is 0.605. The molecule has 0 aliphatic carbocycles. The van der Waals surface area contributed by atoms with E-state index in [9.17, 15) is 0 Å². The molecule has 2 aromatic heterocycles. The van der Waals surface area contributed by atoms with Gasteiger partial charge in [0.05, 0.1) is 4.47 Å². The van der Waals surface area contributed by atoms with Crippen LogP contribution in [-0.2, 0) is 0 Å². The number of fused-ring (bicyclic) bond motifs is 1. The molecular weight excluding hydrogens is 286 g/mol. The molecule has 0 saturated carbocycles. The quantitative estimate of drug-likeness (QED) is 0.746. The Bertz CT molecular complexity index is 435. The van der Waals surface area contributed by atoms with Crippen molar-refractivity contribution in [1.29, 1.82) is 0 Å². The lowest BCUT2D eigenvalue weighted by atomic mass is 10.3. The minimum atomic E-state index is 0.605. The molecule has 2 rings (SSSR count). The van der Waals surface area contributed by atoms with Crippen molar-refractivity contribution in [2.75, 3.05) is 0 Å². The van der Waals surface area contributed by atoms with E-state index in [1.807, 2.05) is 19.2 Å². The largest absolute Gasteiger partial charge is 0.219 e. The Kier molecular flexibility index (Phi) is 1.92. The maximum Gasteiger partial charge on any atom is 0.218 e. The Hall–Kier alpha value is -0.420. The number of rotatable bonds is 0. The number of aromatic nitrogens is 3. The molecule has 2 aromatic rings. The fourth-order valence-corrected chi connectivity index (χ4v) is 2.01. The molecule has 0 radical (unpaired) electrons. The number of halogens is 2. The van der Waals surface area contributed by atoms with Crippen molar-refractivity contribution in [1.82, 2.24) is 14.6 Å². The van der Waals surface area contributed by atoms with Crippen molar-refractivity contribution in [3.8, 4) is 0 Å². The second kappa shape index (κ2) is 2.81. The van der Waals surface area contributed by atoms with Crippen LogP contribution < -0.4 is 0 Å². The van der Waals surface area contributed by atoms with E-state index in [1.165, 1.54) is 0 Å². The summed E-state index contributed by atoms with van der Waals surface area (Å²) >= 11 is 6.64. The zero-order valence-corrected chi connectivity index (χ0v) is 9.42. The molecule has 0 aliphatic heterocycles. The Morgan fingerprint density at radius 2 is 2.17 bits per heavy atom. The van der Waals surface area contributed by atoms with E-state index in [1.54, 1.807) is 4.52 Å². The third-order valence-electron chi connectivity index (χ3n) is 1.50. The Balaban J connectivity index is 2.88. The topological polar surface area (TPSA) is 30.2 Å². The van der Waals surface area contributed by atoms with Crippen LogP contribution in [0.1, 0.15) is 5.56 Å². The van der Waals surface area contributed by atoms with Gasteiger partial charge in [-0.15, -0.1) is 5.10 Å². The van der Waals surface area contributed by atoms with Gasteiger partial charge in [0, 0.05) is 6.20 Å². The summed E-state index contributed by atoms with van der Waals surface area (Å²) in [5.41, 5.74) is 1.97. The highest BCUT2D eigenvalue weighted by Gasteiger charge is 2.04. The molecule has 0 spiro atoms. The van der Waals surface area contributed by atoms with Gasteiger partial charge in [0.15, 0.2) is 5.65 Å². The fraction of sp³-hybridized carbons (Fsp3) is 0.143. The predicted molar refractivity (Wildman–Crippen MR) is 53.1 cm³/mol. The number of hydrogen-bond acceptors (Lipinski definition) is 2. The van der Waals surface area contributed by atoms with Crippen LogP contribution in [0, 0.1) is 6.92 Å². The number of hydrogen-bond donors (Lipinski definition) is 0. The minimum Gasteiger partial charge on any atom is -0.219 e. The summed E-state index contributed by atoms with van der Waals surface area (Å²) in [4.78, 5) is 4.18. The summed E-state index contributed by atoms with van der Waals surface area (Å²) < 4.78 is 3.30. The fourth-order valence-electron chi connectivity index (χ4n) is 1.04. The van der Waals surface area contributed by atoms with Crippen LogP contribution in [0.4, 0.5) is 0 Å². The maximum absolute atomic E-state index is 4.18. The van der Waals surface area contributed by atoms with Crippen molar-refractivity contribution >= 4 is 37.5 Å². The lowest BCUT2D eigenvalue weighted by molar-refractivity contribution is 0.935. The predicted octanol–water partition coefficient (Wildman–Crippen LogP) is 2.56. The van der Waals surface area contributed by atoms with E-state index >= 15 is 0 Å². The van der Waals surface area contributed by atoms with Gasteiger partial charge < -0.3 is 0 Å². The molecule has 2 heterocycles. The van der Waals surface area contributed by atoms with Crippen LogP contribution in [0.25, 0.3) is 5.65 Å². The van der Waals surface area contributed by atoms with Gasteiger partial charge in [-0.25, -0.2) is 9.50 Å². The number of pyridine rings is 1. The summed E-state index contributed by atoms with van der Waals surface area (Å²) in [5, 5.41) is 4.13. The summed E-state index contributed by atoms with van der Waals surface area (Å²) in [5.74, 6) is 0. The van der Waals surface area contributed by atoms with Crippen molar-refractivity contribution in [3.05, 3.63) is 27.0 Å². The zero-order valence-electron chi connectivity index (χ0n) is 6.25. The third-order valence-corrected chi connectivity index (χ3v) is 2.42. The summed E-state index contributed by atoms with van der Waals surface area (Å²) in [6, 6.07) is 2.01. The molecule has 0 aromatic carbocycles. The highest BCUT2D eigenvalue weighted by molar-refractivity contribution is 9.11. The van der Waals surface area contributed by atoms with Gasteiger partial charge in [-0.3, -0.25) is 0 Å². The van der Waals surface area contributed by atoms with Gasteiger partial charge in [-0.1, -0.05) is 0 Å². The average Bonchev–Trinajstić information content (AvgIpc) is 2.29. The van der Waals surface area contributed by atoms with Crippen LogP contribution in [0.3, 0.4) is 0 Å². The van der Waals surface area contributed by atoms with Crippen LogP contribution >= 0.6 is 31.9 Å². The van der Waals surface area contributed by atoms with Crippen LogP contribution in [-0.4, -0.2) is 14.6 Å². The molecule has 0 fully saturated rings. The van der Waals surface area contributed by atoms with Crippen molar-refractivity contribution in [2.24, 2.45) is 0 Å². The lowest BCUT2D eigenvalue weighted by Gasteiger charge is -1.95. The van der Waals surface area contributed by atoms with Gasteiger partial charge in [0.25, 0.3) is 0 Å². The second-order valence-electron chi connectivity index (χ2n) is 2.51. The van der Waals surface area contributed by atoms with E-state index in [2.05, 4.69) is 41.9 Å². The molecule has 0 atom stereocenters. The maximum atomic E-state index is 4.18. The molecule has 0 N–H and O–H groups in total. The van der Waals surface area contributed by atoms with E-state index < -0.39 is 0 Å².